The summed E-state index contributed by atoms with van der Waals surface area (Å²) in [5.41, 5.74) is 0.302. The fourth-order valence-electron chi connectivity index (χ4n) is 1.39. The molecule has 0 radical (unpaired) electrons. The molecule has 1 aromatic heterocycles. The Morgan fingerprint density at radius 1 is 1.32 bits per heavy atom. The Bertz CT molecular complexity index is 623. The summed E-state index contributed by atoms with van der Waals surface area (Å²) in [6.07, 6.45) is -3.35. The predicted molar refractivity (Wildman–Crippen MR) is 60.8 cm³/mol. The van der Waals surface area contributed by atoms with Crippen LogP contribution < -0.4 is 0 Å². The molecule has 0 aliphatic carbocycles. The summed E-state index contributed by atoms with van der Waals surface area (Å²) in [5, 5.41) is 3.11. The normalized spacial score (nSPS) is 12.2. The number of halogens is 4. The summed E-state index contributed by atoms with van der Waals surface area (Å²) in [4.78, 5) is 6.81. The van der Waals surface area contributed by atoms with E-state index in [1.807, 2.05) is 0 Å². The highest BCUT2D eigenvalue weighted by Crippen LogP contribution is 2.30. The van der Waals surface area contributed by atoms with Gasteiger partial charge in [-0.1, -0.05) is 11.2 Å². The van der Waals surface area contributed by atoms with Crippen molar-refractivity contribution in [1.29, 1.82) is 0 Å². The zero-order chi connectivity index (χ0) is 14.0. The van der Waals surface area contributed by atoms with Crippen molar-refractivity contribution in [1.82, 2.24) is 10.1 Å². The maximum atomic E-state index is 13.7. The Balaban J connectivity index is 2.40. The monoisotopic (exact) mass is 271 g/mol. The Morgan fingerprint density at radius 3 is 2.58 bits per heavy atom. The van der Waals surface area contributed by atoms with Gasteiger partial charge in [0, 0.05) is 6.21 Å². The van der Waals surface area contributed by atoms with Crippen LogP contribution in [0.5, 0.6) is 0 Å². The molecular formula is C10H6BF4N3O. The van der Waals surface area contributed by atoms with E-state index >= 15 is 0 Å². The Hall–Kier alpha value is -2.19. The molecule has 0 saturated carbocycles. The molecule has 98 valence electrons. The summed E-state index contributed by atoms with van der Waals surface area (Å²) in [5.74, 6) is -2.72. The van der Waals surface area contributed by atoms with E-state index in [-0.39, 0.29) is 5.56 Å². The first-order valence-electron chi connectivity index (χ1n) is 5.05. The maximum absolute atomic E-state index is 13.7. The minimum absolute atomic E-state index is 0.174. The van der Waals surface area contributed by atoms with Crippen LogP contribution in [0.2, 0.25) is 0 Å². The number of alkyl halides is 3. The van der Waals surface area contributed by atoms with Crippen LogP contribution >= 0.6 is 0 Å². The molecule has 19 heavy (non-hydrogen) atoms. The van der Waals surface area contributed by atoms with Crippen LogP contribution in [0.15, 0.2) is 27.6 Å². The topological polar surface area (TPSA) is 51.3 Å². The predicted octanol–water partition coefficient (Wildman–Crippen LogP) is 1.86. The van der Waals surface area contributed by atoms with E-state index in [4.69, 9.17) is 0 Å². The van der Waals surface area contributed by atoms with E-state index < -0.39 is 23.7 Å². The lowest BCUT2D eigenvalue weighted by Crippen LogP contribution is -2.04. The zero-order valence-electron chi connectivity index (χ0n) is 9.57. The first-order chi connectivity index (χ1) is 8.91. The smallest absolute Gasteiger partial charge is 0.358 e. The van der Waals surface area contributed by atoms with E-state index in [1.165, 1.54) is 26.3 Å². The standard InChI is InChI=1S/C10H6BF4N3O/c11-16-4-5-1-2-6(7(12)3-5)8-17-9(19-18-8)10(13,14)15/h1-4H,11H2/b16-4-. The number of hydrogen-bond donors (Lipinski definition) is 0. The van der Waals surface area contributed by atoms with Crippen LogP contribution in [0.4, 0.5) is 17.6 Å². The van der Waals surface area contributed by atoms with Gasteiger partial charge in [0.2, 0.25) is 13.8 Å². The molecule has 4 nitrogen and oxygen atoms in total. The van der Waals surface area contributed by atoms with Gasteiger partial charge in [0.15, 0.2) is 0 Å². The molecule has 0 aliphatic heterocycles. The average molecular weight is 271 g/mol. The Morgan fingerprint density at radius 2 is 2.05 bits per heavy atom. The van der Waals surface area contributed by atoms with Crippen LogP contribution in [0, 0.1) is 5.82 Å². The van der Waals surface area contributed by atoms with Crippen molar-refractivity contribution >= 4 is 14.2 Å². The molecule has 0 aliphatic rings. The van der Waals surface area contributed by atoms with Crippen molar-refractivity contribution in [2.75, 3.05) is 0 Å². The molecule has 1 heterocycles. The van der Waals surface area contributed by atoms with Crippen molar-refractivity contribution in [3.05, 3.63) is 35.5 Å². The second kappa shape index (κ2) is 4.83. The van der Waals surface area contributed by atoms with Crippen LogP contribution in [0.1, 0.15) is 11.5 Å². The molecule has 2 rings (SSSR count). The quantitative estimate of drug-likeness (QED) is 0.476. The molecule has 9 heteroatoms. The molecule has 0 saturated heterocycles. The highest BCUT2D eigenvalue weighted by molar-refractivity contribution is 6.11. The van der Waals surface area contributed by atoms with E-state index in [0.29, 0.717) is 5.56 Å². The van der Waals surface area contributed by atoms with Crippen molar-refractivity contribution in [3.63, 3.8) is 0 Å². The second-order valence-corrected chi connectivity index (χ2v) is 3.55. The van der Waals surface area contributed by atoms with E-state index in [1.54, 1.807) is 0 Å². The third-order valence-corrected chi connectivity index (χ3v) is 2.18. The molecule has 0 N–H and O–H groups in total. The van der Waals surface area contributed by atoms with Crippen LogP contribution in [-0.4, -0.2) is 24.3 Å². The van der Waals surface area contributed by atoms with E-state index in [2.05, 4.69) is 19.6 Å². The third-order valence-electron chi connectivity index (χ3n) is 2.18. The molecule has 0 bridgehead atoms. The van der Waals surface area contributed by atoms with Crippen molar-refractivity contribution < 1.29 is 22.1 Å². The van der Waals surface area contributed by atoms with Crippen LogP contribution in [0.3, 0.4) is 0 Å². The van der Waals surface area contributed by atoms with Gasteiger partial charge in [-0.15, -0.1) is 0 Å². The Labute approximate surface area is 105 Å². The lowest BCUT2D eigenvalue weighted by molar-refractivity contribution is -0.159. The van der Waals surface area contributed by atoms with Gasteiger partial charge in [0.1, 0.15) is 5.82 Å². The first kappa shape index (κ1) is 13.3. The summed E-state index contributed by atoms with van der Waals surface area (Å²) in [6, 6.07) is 3.86. The molecule has 0 fully saturated rings. The number of benzene rings is 1. The Kier molecular flexibility index (Phi) is 3.37. The van der Waals surface area contributed by atoms with Gasteiger partial charge in [-0.25, -0.2) is 4.39 Å². The van der Waals surface area contributed by atoms with E-state index in [9.17, 15) is 17.6 Å². The van der Waals surface area contributed by atoms with Gasteiger partial charge in [0.25, 0.3) is 0 Å². The summed E-state index contributed by atoms with van der Waals surface area (Å²) in [7, 11) is 1.51. The first-order valence-corrected chi connectivity index (χ1v) is 5.05. The van der Waals surface area contributed by atoms with Crippen LogP contribution in [0.25, 0.3) is 11.4 Å². The minimum atomic E-state index is -4.75. The molecule has 0 amide bonds. The lowest BCUT2D eigenvalue weighted by Gasteiger charge is -1.99. The molecule has 0 spiro atoms. The average Bonchev–Trinajstić information content (AvgIpc) is 2.78. The largest absolute Gasteiger partial charge is 0.471 e. The highest BCUT2D eigenvalue weighted by atomic mass is 19.4. The third kappa shape index (κ3) is 2.80. The van der Waals surface area contributed by atoms with Gasteiger partial charge in [0.05, 0.1) is 5.56 Å². The van der Waals surface area contributed by atoms with Gasteiger partial charge in [-0.3, -0.25) is 0 Å². The van der Waals surface area contributed by atoms with Crippen molar-refractivity contribution in [2.24, 2.45) is 4.90 Å². The van der Waals surface area contributed by atoms with Gasteiger partial charge < -0.3 is 9.43 Å². The lowest BCUT2D eigenvalue weighted by atomic mass is 10.1. The summed E-state index contributed by atoms with van der Waals surface area (Å²) >= 11 is 0. The molecular weight excluding hydrogens is 265 g/mol. The van der Waals surface area contributed by atoms with Gasteiger partial charge in [-0.2, -0.15) is 18.2 Å². The highest BCUT2D eigenvalue weighted by Gasteiger charge is 2.38. The van der Waals surface area contributed by atoms with Crippen molar-refractivity contribution in [3.8, 4) is 11.4 Å². The van der Waals surface area contributed by atoms with Crippen LogP contribution in [-0.2, 0) is 6.18 Å². The number of nitrogens with zero attached hydrogens (tertiary/aromatic N) is 3. The molecule has 0 atom stereocenters. The molecule has 0 unspecified atom stereocenters. The summed E-state index contributed by atoms with van der Waals surface area (Å²) < 4.78 is 54.6. The summed E-state index contributed by atoms with van der Waals surface area (Å²) in [6.45, 7) is 0. The maximum Gasteiger partial charge on any atom is 0.471 e. The fraction of sp³-hybridized carbons (Fsp3) is 0.100. The fourth-order valence-corrected chi connectivity index (χ4v) is 1.39. The number of rotatable bonds is 2. The molecule has 1 aromatic carbocycles. The SMILES string of the molecule is B/N=C\c1ccc(-c2noc(C(F)(F)F)n2)c(F)c1. The second-order valence-electron chi connectivity index (χ2n) is 3.55. The number of aromatic nitrogens is 2. The molecule has 2 aromatic rings. The van der Waals surface area contributed by atoms with Gasteiger partial charge in [-0.05, 0) is 17.7 Å². The minimum Gasteiger partial charge on any atom is -0.358 e. The van der Waals surface area contributed by atoms with Crippen molar-refractivity contribution in [2.45, 2.75) is 6.18 Å². The van der Waals surface area contributed by atoms with E-state index in [0.717, 1.165) is 6.07 Å². The zero-order valence-corrected chi connectivity index (χ0v) is 9.57. The van der Waals surface area contributed by atoms with Gasteiger partial charge >= 0.3 is 12.1 Å². The number of hydrogen-bond acceptors (Lipinski definition) is 4.